The zero-order valence-corrected chi connectivity index (χ0v) is 11.7. The molecule has 0 amide bonds. The van der Waals surface area contributed by atoms with E-state index in [2.05, 4.69) is 9.97 Å². The van der Waals surface area contributed by atoms with Gasteiger partial charge in [-0.05, 0) is 42.1 Å². The van der Waals surface area contributed by atoms with E-state index >= 15 is 0 Å². The molecule has 0 radical (unpaired) electrons. The van der Waals surface area contributed by atoms with Crippen molar-refractivity contribution in [3.8, 4) is 0 Å². The van der Waals surface area contributed by atoms with Crippen LogP contribution in [0.4, 0.5) is 0 Å². The zero-order chi connectivity index (χ0) is 12.7. The van der Waals surface area contributed by atoms with Crippen LogP contribution in [0.3, 0.4) is 0 Å². The number of aryl methyl sites for hydroxylation is 1. The average molecular weight is 295 g/mol. The van der Waals surface area contributed by atoms with Crippen molar-refractivity contribution < 1.29 is 4.79 Å². The summed E-state index contributed by atoms with van der Waals surface area (Å²) < 4.78 is 0.787. The predicted molar refractivity (Wildman–Crippen MR) is 74.9 cm³/mol. The summed E-state index contributed by atoms with van der Waals surface area (Å²) in [5.74, 6) is -0.0927. The highest BCUT2D eigenvalue weighted by Gasteiger charge is 2.18. The maximum Gasteiger partial charge on any atom is 0.223 e. The summed E-state index contributed by atoms with van der Waals surface area (Å²) in [7, 11) is 0. The molecule has 0 N–H and O–H groups in total. The number of nitrogens with zero attached hydrogens (tertiary/aromatic N) is 2. The van der Waals surface area contributed by atoms with E-state index in [4.69, 9.17) is 11.6 Å². The highest BCUT2D eigenvalue weighted by atomic mass is 35.5. The van der Waals surface area contributed by atoms with Crippen LogP contribution < -0.4 is 0 Å². The van der Waals surface area contributed by atoms with Gasteiger partial charge in [-0.15, -0.1) is 22.7 Å². The SMILES string of the molecule is Cc1ccc(C(=O)c2nc(Cl)nc3ccsc23)s1. The van der Waals surface area contributed by atoms with Gasteiger partial charge in [-0.1, -0.05) is 0 Å². The summed E-state index contributed by atoms with van der Waals surface area (Å²) in [5.41, 5.74) is 1.11. The molecular formula is C12H7ClN2OS2. The normalized spacial score (nSPS) is 11.0. The number of thiophene rings is 2. The molecule has 0 aliphatic carbocycles. The van der Waals surface area contributed by atoms with Crippen molar-refractivity contribution in [3.05, 3.63) is 44.3 Å². The minimum absolute atomic E-state index is 0.0927. The second kappa shape index (κ2) is 4.42. The highest BCUT2D eigenvalue weighted by Crippen LogP contribution is 2.27. The van der Waals surface area contributed by atoms with E-state index in [-0.39, 0.29) is 11.1 Å². The quantitative estimate of drug-likeness (QED) is 0.531. The Bertz CT molecular complexity index is 747. The fourth-order valence-electron chi connectivity index (χ4n) is 1.66. The van der Waals surface area contributed by atoms with Gasteiger partial charge in [0, 0.05) is 4.88 Å². The Labute approximate surface area is 116 Å². The summed E-state index contributed by atoms with van der Waals surface area (Å²) in [6.45, 7) is 1.97. The third-order valence-electron chi connectivity index (χ3n) is 2.46. The minimum Gasteiger partial charge on any atom is -0.286 e. The maximum atomic E-state index is 12.4. The van der Waals surface area contributed by atoms with Gasteiger partial charge in [0.05, 0.1) is 15.1 Å². The lowest BCUT2D eigenvalue weighted by atomic mass is 10.2. The summed E-state index contributed by atoms with van der Waals surface area (Å²) >= 11 is 8.76. The van der Waals surface area contributed by atoms with Gasteiger partial charge in [-0.25, -0.2) is 9.97 Å². The summed E-state index contributed by atoms with van der Waals surface area (Å²) in [5, 5.41) is 1.99. The van der Waals surface area contributed by atoms with Gasteiger partial charge < -0.3 is 0 Å². The Morgan fingerprint density at radius 1 is 1.28 bits per heavy atom. The van der Waals surface area contributed by atoms with E-state index in [1.165, 1.54) is 22.7 Å². The first-order valence-corrected chi connectivity index (χ1v) is 7.24. The maximum absolute atomic E-state index is 12.4. The molecule has 0 atom stereocenters. The molecule has 0 aromatic carbocycles. The van der Waals surface area contributed by atoms with Crippen LogP contribution >= 0.6 is 34.3 Å². The van der Waals surface area contributed by atoms with Crippen molar-refractivity contribution in [2.75, 3.05) is 0 Å². The number of carbonyl (C=O) groups excluding carboxylic acids is 1. The van der Waals surface area contributed by atoms with Crippen LogP contribution in [-0.4, -0.2) is 15.8 Å². The van der Waals surface area contributed by atoms with E-state index in [9.17, 15) is 4.79 Å². The summed E-state index contributed by atoms with van der Waals surface area (Å²) in [6.07, 6.45) is 0. The van der Waals surface area contributed by atoms with Gasteiger partial charge in [0.1, 0.15) is 5.69 Å². The molecule has 3 rings (SSSR count). The molecule has 0 unspecified atom stereocenters. The molecule has 3 nitrogen and oxygen atoms in total. The first-order valence-electron chi connectivity index (χ1n) is 5.17. The minimum atomic E-state index is -0.0927. The molecule has 90 valence electrons. The summed E-state index contributed by atoms with van der Waals surface area (Å²) in [6, 6.07) is 5.58. The standard InChI is InChI=1S/C12H7ClN2OS2/c1-6-2-3-8(18-6)10(16)9-11-7(4-5-17-11)14-12(13)15-9/h2-5H,1H3. The van der Waals surface area contributed by atoms with E-state index in [0.717, 1.165) is 15.1 Å². The molecular weight excluding hydrogens is 288 g/mol. The molecule has 0 fully saturated rings. The van der Waals surface area contributed by atoms with E-state index < -0.39 is 0 Å². The summed E-state index contributed by atoms with van der Waals surface area (Å²) in [4.78, 5) is 22.3. The number of ketones is 1. The Morgan fingerprint density at radius 3 is 2.83 bits per heavy atom. The number of hydrogen-bond donors (Lipinski definition) is 0. The van der Waals surface area contributed by atoms with E-state index in [0.29, 0.717) is 10.6 Å². The van der Waals surface area contributed by atoms with Gasteiger partial charge in [-0.2, -0.15) is 0 Å². The molecule has 0 bridgehead atoms. The van der Waals surface area contributed by atoms with Crippen molar-refractivity contribution in [1.29, 1.82) is 0 Å². The first kappa shape index (κ1) is 11.8. The smallest absolute Gasteiger partial charge is 0.223 e. The van der Waals surface area contributed by atoms with E-state index in [1.54, 1.807) is 0 Å². The Hall–Kier alpha value is -1.30. The van der Waals surface area contributed by atoms with Crippen LogP contribution in [0.5, 0.6) is 0 Å². The van der Waals surface area contributed by atoms with Gasteiger partial charge in [-0.3, -0.25) is 4.79 Å². The molecule has 3 heterocycles. The number of carbonyl (C=O) groups is 1. The number of halogens is 1. The van der Waals surface area contributed by atoms with Gasteiger partial charge in [0.15, 0.2) is 0 Å². The molecule has 18 heavy (non-hydrogen) atoms. The van der Waals surface area contributed by atoms with E-state index in [1.807, 2.05) is 30.5 Å². The Morgan fingerprint density at radius 2 is 2.11 bits per heavy atom. The number of hydrogen-bond acceptors (Lipinski definition) is 5. The topological polar surface area (TPSA) is 42.9 Å². The van der Waals surface area contributed by atoms with Crippen molar-refractivity contribution >= 4 is 50.3 Å². The third kappa shape index (κ3) is 1.94. The molecule has 0 aliphatic heterocycles. The van der Waals surface area contributed by atoms with Crippen LogP contribution in [0.25, 0.3) is 10.2 Å². The monoisotopic (exact) mass is 294 g/mol. The fourth-order valence-corrected chi connectivity index (χ4v) is 3.46. The van der Waals surface area contributed by atoms with Crippen LogP contribution in [0, 0.1) is 6.92 Å². The Balaban J connectivity index is 2.19. The van der Waals surface area contributed by atoms with Gasteiger partial charge in [0.25, 0.3) is 0 Å². The van der Waals surface area contributed by atoms with Crippen molar-refractivity contribution in [3.63, 3.8) is 0 Å². The second-order valence-electron chi connectivity index (χ2n) is 3.72. The largest absolute Gasteiger partial charge is 0.286 e. The molecule has 0 saturated carbocycles. The fraction of sp³-hybridized carbons (Fsp3) is 0.0833. The van der Waals surface area contributed by atoms with Crippen LogP contribution in [0.2, 0.25) is 5.28 Å². The van der Waals surface area contributed by atoms with Crippen LogP contribution in [-0.2, 0) is 0 Å². The molecule has 0 aliphatic rings. The first-order chi connectivity index (χ1) is 8.65. The molecule has 3 aromatic rings. The lowest BCUT2D eigenvalue weighted by Crippen LogP contribution is -2.03. The van der Waals surface area contributed by atoms with Crippen LogP contribution in [0.15, 0.2) is 23.6 Å². The second-order valence-corrected chi connectivity index (χ2v) is 6.26. The predicted octanol–water partition coefficient (Wildman–Crippen LogP) is 3.95. The lowest BCUT2D eigenvalue weighted by Gasteiger charge is -2.00. The number of fused-ring (bicyclic) bond motifs is 1. The Kier molecular flexibility index (Phi) is 2.89. The zero-order valence-electron chi connectivity index (χ0n) is 9.31. The van der Waals surface area contributed by atoms with Crippen molar-refractivity contribution in [2.24, 2.45) is 0 Å². The molecule has 0 saturated heterocycles. The van der Waals surface area contributed by atoms with Crippen LogP contribution in [0.1, 0.15) is 20.2 Å². The number of aromatic nitrogens is 2. The highest BCUT2D eigenvalue weighted by molar-refractivity contribution is 7.18. The molecule has 0 spiro atoms. The molecule has 6 heteroatoms. The van der Waals surface area contributed by atoms with Gasteiger partial charge >= 0.3 is 0 Å². The third-order valence-corrected chi connectivity index (χ3v) is 4.53. The van der Waals surface area contributed by atoms with Gasteiger partial charge in [0.2, 0.25) is 11.1 Å². The number of rotatable bonds is 2. The molecule has 3 aromatic heterocycles. The van der Waals surface area contributed by atoms with Crippen molar-refractivity contribution in [2.45, 2.75) is 6.92 Å². The van der Waals surface area contributed by atoms with Crippen molar-refractivity contribution in [1.82, 2.24) is 9.97 Å². The lowest BCUT2D eigenvalue weighted by molar-refractivity contribution is 0.103. The average Bonchev–Trinajstić information content (AvgIpc) is 2.95.